The molecule has 30 heavy (non-hydrogen) atoms. The van der Waals surface area contributed by atoms with E-state index < -0.39 is 0 Å². The van der Waals surface area contributed by atoms with Crippen LogP contribution in [0.15, 0.2) is 76.4 Å². The second kappa shape index (κ2) is 9.56. The minimum absolute atomic E-state index is 0.503. The molecule has 0 amide bonds. The minimum Gasteiger partial charge on any atom is -0.416 e. The molecule has 0 unspecified atom stereocenters. The predicted molar refractivity (Wildman–Crippen MR) is 124 cm³/mol. The molecule has 0 bridgehead atoms. The third-order valence-corrected chi connectivity index (χ3v) is 5.99. The van der Waals surface area contributed by atoms with E-state index >= 15 is 0 Å². The van der Waals surface area contributed by atoms with Gasteiger partial charge in [0.05, 0.1) is 22.2 Å². The van der Waals surface area contributed by atoms with Gasteiger partial charge in [-0.15, -0.1) is 10.2 Å². The number of anilines is 2. The first-order valence-electron chi connectivity index (χ1n) is 9.38. The van der Waals surface area contributed by atoms with E-state index in [-0.39, 0.29) is 0 Å². The smallest absolute Gasteiger partial charge is 0.276 e. The van der Waals surface area contributed by atoms with Crippen LogP contribution < -0.4 is 5.32 Å². The van der Waals surface area contributed by atoms with E-state index in [1.54, 1.807) is 12.1 Å². The monoisotopic (exact) mass is 455 g/mol. The fourth-order valence-electron chi connectivity index (χ4n) is 3.03. The van der Waals surface area contributed by atoms with Gasteiger partial charge in [-0.3, -0.25) is 0 Å². The number of halogens is 2. The van der Waals surface area contributed by atoms with Gasteiger partial charge >= 0.3 is 0 Å². The Labute approximate surface area is 189 Å². The van der Waals surface area contributed by atoms with Crippen molar-refractivity contribution in [1.29, 1.82) is 0 Å². The number of rotatable bonds is 7. The lowest BCUT2D eigenvalue weighted by atomic mass is 10.1. The van der Waals surface area contributed by atoms with Crippen molar-refractivity contribution in [3.8, 4) is 0 Å². The van der Waals surface area contributed by atoms with Crippen LogP contribution in [0.1, 0.15) is 22.6 Å². The summed E-state index contributed by atoms with van der Waals surface area (Å²) in [6.07, 6.45) is 0.503. The summed E-state index contributed by atoms with van der Waals surface area (Å²) in [5.74, 6) is 1.34. The molecule has 7 heteroatoms. The number of nitrogens with one attached hydrogen (secondary N) is 1. The molecule has 1 N–H and O–H groups in total. The van der Waals surface area contributed by atoms with E-state index in [0.29, 0.717) is 33.3 Å². The second-order valence-electron chi connectivity index (χ2n) is 6.80. The molecule has 1 heterocycles. The number of nitrogens with zero attached hydrogens (tertiary/aromatic N) is 2. The van der Waals surface area contributed by atoms with E-state index in [9.17, 15) is 0 Å². The second-order valence-corrected chi connectivity index (χ2v) is 8.54. The maximum atomic E-state index is 6.30. The molecule has 4 aromatic rings. The van der Waals surface area contributed by atoms with Crippen LogP contribution in [0.25, 0.3) is 0 Å². The molecule has 0 fully saturated rings. The molecule has 1 aromatic heterocycles. The van der Waals surface area contributed by atoms with Crippen molar-refractivity contribution in [2.24, 2.45) is 0 Å². The van der Waals surface area contributed by atoms with Crippen molar-refractivity contribution in [2.75, 3.05) is 5.32 Å². The average molecular weight is 456 g/mol. The molecule has 3 aromatic carbocycles. The third-order valence-electron chi connectivity index (χ3n) is 4.47. The molecule has 0 spiro atoms. The topological polar surface area (TPSA) is 51.0 Å². The summed E-state index contributed by atoms with van der Waals surface area (Å²) in [6, 6.07) is 21.7. The molecule has 0 radical (unpaired) electrons. The van der Waals surface area contributed by atoms with Crippen molar-refractivity contribution in [1.82, 2.24) is 10.2 Å². The summed E-state index contributed by atoms with van der Waals surface area (Å²) in [4.78, 5) is 0. The zero-order valence-electron chi connectivity index (χ0n) is 16.2. The quantitative estimate of drug-likeness (QED) is 0.296. The van der Waals surface area contributed by atoms with Crippen LogP contribution in [-0.4, -0.2) is 10.2 Å². The standard InChI is InChI=1S/C23H19Cl2N3OS/c1-15-6-4-7-16(12-15)14-30-23-28-27-21(29-23)13-17-8-2-3-11-20(17)26-22-18(24)9-5-10-19(22)25/h2-12,26H,13-14H2,1H3. The third kappa shape index (κ3) is 5.17. The van der Waals surface area contributed by atoms with Gasteiger partial charge in [0.1, 0.15) is 0 Å². The van der Waals surface area contributed by atoms with Gasteiger partial charge in [0.15, 0.2) is 0 Å². The minimum atomic E-state index is 0.503. The van der Waals surface area contributed by atoms with Crippen LogP contribution in [0.2, 0.25) is 10.0 Å². The number of aromatic nitrogens is 2. The molecule has 0 aliphatic carbocycles. The van der Waals surface area contributed by atoms with E-state index in [4.69, 9.17) is 27.6 Å². The van der Waals surface area contributed by atoms with Crippen LogP contribution in [-0.2, 0) is 12.2 Å². The SMILES string of the molecule is Cc1cccc(CSc2nnc(Cc3ccccc3Nc3c(Cl)cccc3Cl)o2)c1. The molecule has 0 aliphatic rings. The molecule has 0 aliphatic heterocycles. The predicted octanol–water partition coefficient (Wildman–Crippen LogP) is 7.31. The number of thioether (sulfide) groups is 1. The van der Waals surface area contributed by atoms with Gasteiger partial charge in [-0.1, -0.05) is 89.1 Å². The molecule has 0 saturated heterocycles. The van der Waals surface area contributed by atoms with Gasteiger partial charge in [-0.05, 0) is 36.2 Å². The number of para-hydroxylation sites is 2. The molecular weight excluding hydrogens is 437 g/mol. The van der Waals surface area contributed by atoms with Crippen molar-refractivity contribution in [3.63, 3.8) is 0 Å². The van der Waals surface area contributed by atoms with Crippen LogP contribution in [0.5, 0.6) is 0 Å². The Morgan fingerprint density at radius 1 is 0.933 bits per heavy atom. The Hall–Kier alpha value is -2.47. The first-order chi connectivity index (χ1) is 14.6. The molecule has 4 rings (SSSR count). The van der Waals surface area contributed by atoms with Gasteiger partial charge in [-0.25, -0.2) is 0 Å². The van der Waals surface area contributed by atoms with Crippen molar-refractivity contribution in [3.05, 3.63) is 99.4 Å². The zero-order chi connectivity index (χ0) is 20.9. The lowest BCUT2D eigenvalue weighted by molar-refractivity contribution is 0.420. The molecule has 0 atom stereocenters. The summed E-state index contributed by atoms with van der Waals surface area (Å²) in [5.41, 5.74) is 5.04. The highest BCUT2D eigenvalue weighted by atomic mass is 35.5. The summed E-state index contributed by atoms with van der Waals surface area (Å²) < 4.78 is 5.85. The largest absolute Gasteiger partial charge is 0.416 e. The van der Waals surface area contributed by atoms with Gasteiger partial charge in [0, 0.05) is 11.4 Å². The Balaban J connectivity index is 1.46. The number of aryl methyl sites for hydroxylation is 1. The highest BCUT2D eigenvalue weighted by Gasteiger charge is 2.13. The van der Waals surface area contributed by atoms with Crippen LogP contribution in [0.3, 0.4) is 0 Å². The number of benzene rings is 3. The number of hydrogen-bond donors (Lipinski definition) is 1. The lowest BCUT2D eigenvalue weighted by Gasteiger charge is -2.13. The normalized spacial score (nSPS) is 10.9. The van der Waals surface area contributed by atoms with Gasteiger partial charge in [-0.2, -0.15) is 0 Å². The van der Waals surface area contributed by atoms with Gasteiger partial charge < -0.3 is 9.73 Å². The molecule has 4 nitrogen and oxygen atoms in total. The zero-order valence-corrected chi connectivity index (χ0v) is 18.6. The van der Waals surface area contributed by atoms with E-state index in [1.807, 2.05) is 30.3 Å². The van der Waals surface area contributed by atoms with Crippen molar-refractivity contribution < 1.29 is 4.42 Å². The Bertz CT molecular complexity index is 1140. The summed E-state index contributed by atoms with van der Waals surface area (Å²) >= 11 is 14.1. The van der Waals surface area contributed by atoms with Crippen molar-refractivity contribution in [2.45, 2.75) is 24.3 Å². The first kappa shape index (κ1) is 20.8. The highest BCUT2D eigenvalue weighted by molar-refractivity contribution is 7.98. The summed E-state index contributed by atoms with van der Waals surface area (Å²) in [7, 11) is 0. The average Bonchev–Trinajstić information content (AvgIpc) is 3.18. The first-order valence-corrected chi connectivity index (χ1v) is 11.1. The van der Waals surface area contributed by atoms with Crippen LogP contribution >= 0.6 is 35.0 Å². The number of hydrogen-bond acceptors (Lipinski definition) is 5. The lowest BCUT2D eigenvalue weighted by Crippen LogP contribution is -1.98. The Kier molecular flexibility index (Phi) is 6.62. The Morgan fingerprint density at radius 3 is 2.50 bits per heavy atom. The summed E-state index contributed by atoms with van der Waals surface area (Å²) in [5, 5.41) is 13.4. The van der Waals surface area contributed by atoms with Crippen molar-refractivity contribution >= 4 is 46.3 Å². The van der Waals surface area contributed by atoms with E-state index in [2.05, 4.69) is 46.7 Å². The molecular formula is C23H19Cl2N3OS. The summed E-state index contributed by atoms with van der Waals surface area (Å²) in [6.45, 7) is 2.08. The maximum Gasteiger partial charge on any atom is 0.276 e. The van der Waals surface area contributed by atoms with Gasteiger partial charge in [0.2, 0.25) is 5.89 Å². The molecule has 0 saturated carbocycles. The van der Waals surface area contributed by atoms with E-state index in [0.717, 1.165) is 17.0 Å². The van der Waals surface area contributed by atoms with Crippen LogP contribution in [0, 0.1) is 6.92 Å². The van der Waals surface area contributed by atoms with Crippen LogP contribution in [0.4, 0.5) is 11.4 Å². The Morgan fingerprint density at radius 2 is 1.70 bits per heavy atom. The highest BCUT2D eigenvalue weighted by Crippen LogP contribution is 2.34. The maximum absolute atomic E-state index is 6.30. The fourth-order valence-corrected chi connectivity index (χ4v) is 4.24. The van der Waals surface area contributed by atoms with Gasteiger partial charge in [0.25, 0.3) is 5.22 Å². The molecule has 152 valence electrons. The van der Waals surface area contributed by atoms with E-state index in [1.165, 1.54) is 22.9 Å². The fraction of sp³-hybridized carbons (Fsp3) is 0.130.